The monoisotopic (exact) mass is 437 g/mol. The molecule has 0 aromatic heterocycles. The highest BCUT2D eigenvalue weighted by atomic mass is 16.5. The fraction of sp³-hybridized carbons (Fsp3) is 0.360. The molecular weight excluding hydrogens is 410 g/mol. The van der Waals surface area contributed by atoms with Gasteiger partial charge in [0.2, 0.25) is 0 Å². The van der Waals surface area contributed by atoms with Gasteiger partial charge in [0.05, 0.1) is 31.4 Å². The van der Waals surface area contributed by atoms with Gasteiger partial charge in [0.1, 0.15) is 17.3 Å². The molecule has 2 aliphatic rings. The predicted molar refractivity (Wildman–Crippen MR) is 119 cm³/mol. The molecule has 2 aliphatic heterocycles. The van der Waals surface area contributed by atoms with Gasteiger partial charge in [0.15, 0.2) is 0 Å². The van der Waals surface area contributed by atoms with Crippen molar-refractivity contribution < 1.29 is 28.9 Å². The molecule has 7 heteroatoms. The SMILES string of the molecule is CCOc1ccc(C2/C(=C(/O)c3ccc4c(c3)CCCO4)C(=O)C(=O)N2CCOC)cc1. The molecule has 2 aromatic rings. The first-order chi connectivity index (χ1) is 15.5. The van der Waals surface area contributed by atoms with Gasteiger partial charge in [0.25, 0.3) is 11.7 Å². The molecule has 1 atom stereocenters. The summed E-state index contributed by atoms with van der Waals surface area (Å²) in [5, 5.41) is 11.2. The van der Waals surface area contributed by atoms with E-state index in [1.807, 2.05) is 25.1 Å². The molecule has 1 saturated heterocycles. The number of ketones is 1. The van der Waals surface area contributed by atoms with Gasteiger partial charge < -0.3 is 24.2 Å². The van der Waals surface area contributed by atoms with Gasteiger partial charge in [-0.3, -0.25) is 9.59 Å². The maximum Gasteiger partial charge on any atom is 0.295 e. The largest absolute Gasteiger partial charge is 0.507 e. The summed E-state index contributed by atoms with van der Waals surface area (Å²) in [6.07, 6.45) is 1.73. The first kappa shape index (κ1) is 21.9. The maximum atomic E-state index is 13.0. The van der Waals surface area contributed by atoms with E-state index in [9.17, 15) is 14.7 Å². The number of aliphatic hydroxyl groups excluding tert-OH is 1. The number of methoxy groups -OCH3 is 1. The Morgan fingerprint density at radius 2 is 1.97 bits per heavy atom. The van der Waals surface area contributed by atoms with E-state index in [0.29, 0.717) is 30.1 Å². The molecule has 1 unspecified atom stereocenters. The van der Waals surface area contributed by atoms with Crippen LogP contribution in [0.1, 0.15) is 36.1 Å². The van der Waals surface area contributed by atoms with Crippen LogP contribution < -0.4 is 9.47 Å². The van der Waals surface area contributed by atoms with Crippen LogP contribution in [0.5, 0.6) is 11.5 Å². The Hall–Kier alpha value is -3.32. The number of aliphatic hydroxyl groups is 1. The van der Waals surface area contributed by atoms with E-state index in [1.54, 1.807) is 24.3 Å². The topological polar surface area (TPSA) is 85.3 Å². The number of hydrogen-bond acceptors (Lipinski definition) is 6. The van der Waals surface area contributed by atoms with E-state index in [2.05, 4.69) is 0 Å². The number of fused-ring (bicyclic) bond motifs is 1. The van der Waals surface area contributed by atoms with Crippen molar-refractivity contribution in [2.24, 2.45) is 0 Å². The number of aryl methyl sites for hydroxylation is 1. The second-order valence-electron chi connectivity index (χ2n) is 7.76. The number of benzene rings is 2. The van der Waals surface area contributed by atoms with Crippen LogP contribution >= 0.6 is 0 Å². The van der Waals surface area contributed by atoms with Crippen LogP contribution in [0.4, 0.5) is 0 Å². The summed E-state index contributed by atoms with van der Waals surface area (Å²) < 4.78 is 16.3. The molecule has 1 amide bonds. The summed E-state index contributed by atoms with van der Waals surface area (Å²) in [5.41, 5.74) is 2.26. The van der Waals surface area contributed by atoms with Gasteiger partial charge in [-0.1, -0.05) is 12.1 Å². The minimum absolute atomic E-state index is 0.0759. The van der Waals surface area contributed by atoms with Gasteiger partial charge in [-0.25, -0.2) is 0 Å². The Bertz CT molecular complexity index is 1040. The minimum Gasteiger partial charge on any atom is -0.507 e. The number of ether oxygens (including phenoxy) is 3. The van der Waals surface area contributed by atoms with Crippen molar-refractivity contribution in [3.05, 3.63) is 64.7 Å². The Morgan fingerprint density at radius 1 is 1.19 bits per heavy atom. The molecule has 0 saturated carbocycles. The number of amides is 1. The lowest BCUT2D eigenvalue weighted by Gasteiger charge is -2.25. The fourth-order valence-electron chi connectivity index (χ4n) is 4.22. The molecule has 2 heterocycles. The molecule has 1 N–H and O–H groups in total. The molecule has 2 aromatic carbocycles. The third kappa shape index (κ3) is 4.08. The van der Waals surface area contributed by atoms with E-state index >= 15 is 0 Å². The van der Waals surface area contributed by atoms with Crippen LogP contribution in [0.2, 0.25) is 0 Å². The zero-order valence-electron chi connectivity index (χ0n) is 18.3. The van der Waals surface area contributed by atoms with Crippen LogP contribution in [0.15, 0.2) is 48.0 Å². The lowest BCUT2D eigenvalue weighted by Crippen LogP contribution is -2.32. The Morgan fingerprint density at radius 3 is 2.69 bits per heavy atom. The van der Waals surface area contributed by atoms with Crippen molar-refractivity contribution in [3.8, 4) is 11.5 Å². The molecule has 1 fully saturated rings. The highest BCUT2D eigenvalue weighted by molar-refractivity contribution is 6.46. The molecule has 0 aliphatic carbocycles. The Labute approximate surface area is 187 Å². The van der Waals surface area contributed by atoms with Crippen molar-refractivity contribution >= 4 is 17.4 Å². The number of Topliss-reactive ketones (excluding diaryl/α,β-unsaturated/α-hetero) is 1. The molecular formula is C25H27NO6. The first-order valence-electron chi connectivity index (χ1n) is 10.8. The third-order valence-electron chi connectivity index (χ3n) is 5.77. The number of carbonyl (C=O) groups is 2. The number of likely N-dealkylation sites (tertiary alicyclic amines) is 1. The summed E-state index contributed by atoms with van der Waals surface area (Å²) in [6, 6.07) is 11.9. The van der Waals surface area contributed by atoms with E-state index in [-0.39, 0.29) is 24.5 Å². The summed E-state index contributed by atoms with van der Waals surface area (Å²) in [5.74, 6) is -0.0537. The van der Waals surface area contributed by atoms with Crippen molar-refractivity contribution in [1.29, 1.82) is 0 Å². The molecule has 0 spiro atoms. The number of rotatable bonds is 7. The van der Waals surface area contributed by atoms with Gasteiger partial charge in [0, 0.05) is 19.2 Å². The Kier molecular flexibility index (Phi) is 6.46. The first-order valence-corrected chi connectivity index (χ1v) is 10.8. The summed E-state index contributed by atoms with van der Waals surface area (Å²) in [6.45, 7) is 3.61. The molecule has 168 valence electrons. The average molecular weight is 437 g/mol. The van der Waals surface area contributed by atoms with Crippen LogP contribution in [-0.4, -0.2) is 55.2 Å². The minimum atomic E-state index is -0.715. The molecule has 0 radical (unpaired) electrons. The van der Waals surface area contributed by atoms with Gasteiger partial charge in [-0.2, -0.15) is 0 Å². The number of carbonyl (C=O) groups excluding carboxylic acids is 2. The van der Waals surface area contributed by atoms with Crippen LogP contribution in [-0.2, 0) is 20.7 Å². The predicted octanol–water partition coefficient (Wildman–Crippen LogP) is 3.48. The highest BCUT2D eigenvalue weighted by Crippen LogP contribution is 2.40. The van der Waals surface area contributed by atoms with E-state index in [1.165, 1.54) is 12.0 Å². The number of hydrogen-bond donors (Lipinski definition) is 1. The zero-order chi connectivity index (χ0) is 22.7. The second kappa shape index (κ2) is 9.44. The second-order valence-corrected chi connectivity index (χ2v) is 7.76. The van der Waals surface area contributed by atoms with Crippen molar-refractivity contribution in [1.82, 2.24) is 4.90 Å². The van der Waals surface area contributed by atoms with Crippen molar-refractivity contribution in [2.75, 3.05) is 33.5 Å². The summed E-state index contributed by atoms with van der Waals surface area (Å²) in [7, 11) is 1.54. The summed E-state index contributed by atoms with van der Waals surface area (Å²) >= 11 is 0. The zero-order valence-corrected chi connectivity index (χ0v) is 18.3. The van der Waals surface area contributed by atoms with E-state index in [4.69, 9.17) is 14.2 Å². The van der Waals surface area contributed by atoms with Crippen molar-refractivity contribution in [3.63, 3.8) is 0 Å². The fourth-order valence-corrected chi connectivity index (χ4v) is 4.22. The van der Waals surface area contributed by atoms with E-state index < -0.39 is 17.7 Å². The average Bonchev–Trinajstić information content (AvgIpc) is 3.07. The maximum absolute atomic E-state index is 13.0. The molecule has 7 nitrogen and oxygen atoms in total. The molecule has 0 bridgehead atoms. The smallest absolute Gasteiger partial charge is 0.295 e. The molecule has 32 heavy (non-hydrogen) atoms. The normalized spacial score (nSPS) is 19.6. The lowest BCUT2D eigenvalue weighted by atomic mass is 9.94. The number of nitrogens with zero attached hydrogens (tertiary/aromatic N) is 1. The third-order valence-corrected chi connectivity index (χ3v) is 5.77. The molecule has 4 rings (SSSR count). The van der Waals surface area contributed by atoms with Crippen molar-refractivity contribution in [2.45, 2.75) is 25.8 Å². The van der Waals surface area contributed by atoms with Gasteiger partial charge >= 0.3 is 0 Å². The van der Waals surface area contributed by atoms with E-state index in [0.717, 1.165) is 24.2 Å². The lowest BCUT2D eigenvalue weighted by molar-refractivity contribution is -0.140. The van der Waals surface area contributed by atoms with Crippen LogP contribution in [0.25, 0.3) is 5.76 Å². The quantitative estimate of drug-likeness (QED) is 0.406. The summed E-state index contributed by atoms with van der Waals surface area (Å²) in [4.78, 5) is 27.4. The van der Waals surface area contributed by atoms with Crippen LogP contribution in [0.3, 0.4) is 0 Å². The van der Waals surface area contributed by atoms with Gasteiger partial charge in [-0.05, 0) is 61.2 Å². The standard InChI is InChI=1S/C25H27NO6/c1-3-31-19-9-6-16(7-10-19)22-21(24(28)25(29)26(22)12-14-30-2)23(27)18-8-11-20-17(15-18)5-4-13-32-20/h6-11,15,22,27H,3-5,12-14H2,1-2H3/b23-21-. The van der Waals surface area contributed by atoms with Crippen LogP contribution in [0, 0.1) is 0 Å². The Balaban J connectivity index is 1.79. The highest BCUT2D eigenvalue weighted by Gasteiger charge is 2.45. The van der Waals surface area contributed by atoms with Gasteiger partial charge in [-0.15, -0.1) is 0 Å².